The predicted molar refractivity (Wildman–Crippen MR) is 145 cm³/mol. The van der Waals surface area contributed by atoms with Gasteiger partial charge in [-0.05, 0) is 24.6 Å². The normalized spacial score (nSPS) is 15.9. The van der Waals surface area contributed by atoms with E-state index in [2.05, 4.69) is 26.1 Å². The minimum absolute atomic E-state index is 0.0936. The van der Waals surface area contributed by atoms with Gasteiger partial charge in [0.05, 0.1) is 29.0 Å². The van der Waals surface area contributed by atoms with Crippen LogP contribution in [0.1, 0.15) is 48.4 Å². The molecule has 2 aromatic carbocycles. The summed E-state index contributed by atoms with van der Waals surface area (Å²) in [5.74, 6) is -0.282. The van der Waals surface area contributed by atoms with E-state index >= 15 is 4.39 Å². The molecular weight excluding hydrogens is 491 g/mol. The Balaban J connectivity index is 1.98. The summed E-state index contributed by atoms with van der Waals surface area (Å²) in [7, 11) is 1.56. The second-order valence-corrected chi connectivity index (χ2v) is 11.2. The van der Waals surface area contributed by atoms with Crippen LogP contribution in [0.2, 0.25) is 0 Å². The molecule has 1 atom stereocenters. The molecule has 0 aliphatic carbocycles. The molecular formula is C28H33FN4O3S. The highest BCUT2D eigenvalue weighted by Gasteiger charge is 2.40. The van der Waals surface area contributed by atoms with Gasteiger partial charge in [0.15, 0.2) is 0 Å². The number of para-hydroxylation sites is 1. The van der Waals surface area contributed by atoms with Crippen LogP contribution in [0.4, 0.5) is 10.2 Å². The van der Waals surface area contributed by atoms with Crippen molar-refractivity contribution in [3.05, 3.63) is 76.7 Å². The highest BCUT2D eigenvalue weighted by atomic mass is 32.2. The molecule has 1 aliphatic heterocycles. The molecule has 37 heavy (non-hydrogen) atoms. The topological polar surface area (TPSA) is 76.5 Å². The minimum Gasteiger partial charge on any atom is -0.383 e. The van der Waals surface area contributed by atoms with Crippen molar-refractivity contribution in [3.8, 4) is 5.69 Å². The van der Waals surface area contributed by atoms with E-state index in [9.17, 15) is 9.59 Å². The van der Waals surface area contributed by atoms with E-state index in [0.717, 1.165) is 22.5 Å². The molecule has 1 aliphatic rings. The summed E-state index contributed by atoms with van der Waals surface area (Å²) in [6, 6.07) is 14.4. The summed E-state index contributed by atoms with van der Waals surface area (Å²) in [6.07, 6.45) is 0. The van der Waals surface area contributed by atoms with Gasteiger partial charge in [-0.2, -0.15) is 5.10 Å². The first-order valence-corrected chi connectivity index (χ1v) is 13.3. The fourth-order valence-corrected chi connectivity index (χ4v) is 5.69. The molecule has 1 N–H and O–H groups in total. The number of rotatable bonds is 7. The molecule has 0 spiro atoms. The molecule has 0 fully saturated rings. The van der Waals surface area contributed by atoms with Gasteiger partial charge in [0.2, 0.25) is 11.8 Å². The summed E-state index contributed by atoms with van der Waals surface area (Å²) >= 11 is 1.36. The lowest BCUT2D eigenvalue weighted by Gasteiger charge is -2.25. The number of nitrogens with one attached hydrogen (secondary N) is 1. The monoisotopic (exact) mass is 524 g/mol. The predicted octanol–water partition coefficient (Wildman–Crippen LogP) is 4.55. The van der Waals surface area contributed by atoms with Crippen LogP contribution in [0, 0.1) is 12.7 Å². The average molecular weight is 525 g/mol. The van der Waals surface area contributed by atoms with E-state index in [0.29, 0.717) is 24.5 Å². The largest absolute Gasteiger partial charge is 0.383 e. The lowest BCUT2D eigenvalue weighted by Crippen LogP contribution is -2.43. The fraction of sp³-hybridized carbons (Fsp3) is 0.393. The van der Waals surface area contributed by atoms with Crippen molar-refractivity contribution in [3.63, 3.8) is 0 Å². The SMILES string of the molecule is COCCNC(=O)CN1C(=O)CSC(c2ccccc2F)c2c(C(C)(C)C)nn(-c3ccccc3C)c21. The van der Waals surface area contributed by atoms with Crippen LogP contribution < -0.4 is 10.2 Å². The van der Waals surface area contributed by atoms with Gasteiger partial charge in [0, 0.05) is 30.2 Å². The fourth-order valence-electron chi connectivity index (χ4n) is 4.47. The number of carbonyl (C=O) groups is 2. The Labute approximate surface area is 221 Å². The number of nitrogens with zero attached hydrogens (tertiary/aromatic N) is 3. The standard InChI is InChI=1S/C28H33FN4O3S/c1-18-10-6-9-13-21(18)33-27-24(26(31-33)28(2,3)4)25(19-11-7-8-12-20(19)29)37-17-23(35)32(27)16-22(34)30-14-15-36-5/h6-13,25H,14-17H2,1-5H3,(H,30,34). The van der Waals surface area contributed by atoms with Gasteiger partial charge >= 0.3 is 0 Å². The molecule has 2 heterocycles. The van der Waals surface area contributed by atoms with Gasteiger partial charge in [0.25, 0.3) is 0 Å². The van der Waals surface area contributed by atoms with Crippen molar-refractivity contribution >= 4 is 29.4 Å². The molecule has 2 amide bonds. The molecule has 7 nitrogen and oxygen atoms in total. The zero-order chi connectivity index (χ0) is 26.7. The van der Waals surface area contributed by atoms with Crippen LogP contribution in [-0.2, 0) is 19.7 Å². The number of hydrogen-bond acceptors (Lipinski definition) is 5. The van der Waals surface area contributed by atoms with Crippen molar-refractivity contribution in [2.75, 3.05) is 37.5 Å². The third-order valence-corrected chi connectivity index (χ3v) is 7.50. The third kappa shape index (κ3) is 5.57. The number of thioether (sulfide) groups is 1. The van der Waals surface area contributed by atoms with E-state index in [1.165, 1.54) is 22.7 Å². The Hall–Kier alpha value is -3.17. The van der Waals surface area contributed by atoms with Crippen LogP contribution in [0.25, 0.3) is 5.69 Å². The maximum Gasteiger partial charge on any atom is 0.240 e. The van der Waals surface area contributed by atoms with E-state index in [1.54, 1.807) is 30.0 Å². The Morgan fingerprint density at radius 2 is 1.89 bits per heavy atom. The zero-order valence-corrected chi connectivity index (χ0v) is 22.7. The van der Waals surface area contributed by atoms with Gasteiger partial charge in [-0.15, -0.1) is 11.8 Å². The number of halogens is 1. The number of aromatic nitrogens is 2. The molecule has 0 radical (unpaired) electrons. The van der Waals surface area contributed by atoms with Gasteiger partial charge in [-0.25, -0.2) is 9.07 Å². The first-order chi connectivity index (χ1) is 17.6. The summed E-state index contributed by atoms with van der Waals surface area (Å²) in [6.45, 7) is 8.65. The second-order valence-electron chi connectivity index (χ2n) is 10.1. The zero-order valence-electron chi connectivity index (χ0n) is 21.9. The highest BCUT2D eigenvalue weighted by molar-refractivity contribution is 8.00. The number of fused-ring (bicyclic) bond motifs is 1. The molecule has 3 aromatic rings. The highest BCUT2D eigenvalue weighted by Crippen LogP contribution is 2.49. The molecule has 196 valence electrons. The third-order valence-electron chi connectivity index (χ3n) is 6.26. The lowest BCUT2D eigenvalue weighted by atomic mass is 9.87. The maximum atomic E-state index is 15.2. The van der Waals surface area contributed by atoms with Crippen LogP contribution in [0.3, 0.4) is 0 Å². The van der Waals surface area contributed by atoms with Crippen LogP contribution in [-0.4, -0.2) is 54.2 Å². The number of ether oxygens (including phenoxy) is 1. The molecule has 4 rings (SSSR count). The Morgan fingerprint density at radius 1 is 1.19 bits per heavy atom. The summed E-state index contributed by atoms with van der Waals surface area (Å²) < 4.78 is 22.0. The smallest absolute Gasteiger partial charge is 0.240 e. The quantitative estimate of drug-likeness (QED) is 0.459. The van der Waals surface area contributed by atoms with Gasteiger partial charge in [0.1, 0.15) is 18.2 Å². The van der Waals surface area contributed by atoms with E-state index < -0.39 is 10.7 Å². The summed E-state index contributed by atoms with van der Waals surface area (Å²) in [5.41, 5.74) is 3.34. The molecule has 1 unspecified atom stereocenters. The van der Waals surface area contributed by atoms with Gasteiger partial charge in [-0.3, -0.25) is 14.5 Å². The number of carbonyl (C=O) groups excluding carboxylic acids is 2. The first-order valence-electron chi connectivity index (χ1n) is 12.2. The van der Waals surface area contributed by atoms with Crippen LogP contribution in [0.5, 0.6) is 0 Å². The van der Waals surface area contributed by atoms with Crippen molar-refractivity contribution in [2.45, 2.75) is 38.4 Å². The van der Waals surface area contributed by atoms with E-state index in [4.69, 9.17) is 9.84 Å². The Bertz CT molecular complexity index is 1300. The van der Waals surface area contributed by atoms with E-state index in [-0.39, 0.29) is 29.9 Å². The van der Waals surface area contributed by atoms with Crippen molar-refractivity contribution in [1.82, 2.24) is 15.1 Å². The summed E-state index contributed by atoms with van der Waals surface area (Å²) in [5, 5.41) is 7.37. The average Bonchev–Trinajstić information content (AvgIpc) is 3.18. The molecule has 1 aromatic heterocycles. The van der Waals surface area contributed by atoms with Gasteiger partial charge in [-0.1, -0.05) is 57.2 Å². The van der Waals surface area contributed by atoms with Crippen LogP contribution >= 0.6 is 11.8 Å². The molecule has 9 heteroatoms. The van der Waals surface area contributed by atoms with Crippen molar-refractivity contribution < 1.29 is 18.7 Å². The molecule has 0 bridgehead atoms. The number of amides is 2. The molecule has 0 saturated heterocycles. The van der Waals surface area contributed by atoms with Crippen molar-refractivity contribution in [1.29, 1.82) is 0 Å². The first kappa shape index (κ1) is 26.9. The number of hydrogen-bond donors (Lipinski definition) is 1. The number of methoxy groups -OCH3 is 1. The second kappa shape index (κ2) is 11.1. The minimum atomic E-state index is -0.478. The van der Waals surface area contributed by atoms with Crippen LogP contribution in [0.15, 0.2) is 48.5 Å². The number of aryl methyl sites for hydroxylation is 1. The Kier molecular flexibility index (Phi) is 8.04. The van der Waals surface area contributed by atoms with Crippen molar-refractivity contribution in [2.24, 2.45) is 0 Å². The maximum absolute atomic E-state index is 15.2. The number of benzene rings is 2. The van der Waals surface area contributed by atoms with E-state index in [1.807, 2.05) is 31.2 Å². The number of anilines is 1. The summed E-state index contributed by atoms with van der Waals surface area (Å²) in [4.78, 5) is 28.0. The Morgan fingerprint density at radius 3 is 2.57 bits per heavy atom. The lowest BCUT2D eigenvalue weighted by molar-refractivity contribution is -0.123. The van der Waals surface area contributed by atoms with Gasteiger partial charge < -0.3 is 10.1 Å². The molecule has 0 saturated carbocycles.